The van der Waals surface area contributed by atoms with E-state index in [0.29, 0.717) is 16.5 Å². The molecule has 2 aromatic heterocycles. The Morgan fingerprint density at radius 3 is 2.73 bits per heavy atom. The average Bonchev–Trinajstić information content (AvgIpc) is 3.19. The van der Waals surface area contributed by atoms with Crippen LogP contribution in [0.15, 0.2) is 53.3 Å². The number of nitrogens with zero attached hydrogens (tertiary/aromatic N) is 2. The molecular formula is C19H15ClF3N3O4. The van der Waals surface area contributed by atoms with Crippen LogP contribution >= 0.6 is 11.6 Å². The molecule has 2 heterocycles. The number of pyridine rings is 1. The molecule has 0 saturated heterocycles. The Bertz CT molecular complexity index is 1010. The van der Waals surface area contributed by atoms with Gasteiger partial charge in [-0.25, -0.2) is 0 Å². The number of rotatable bonds is 7. The van der Waals surface area contributed by atoms with Crippen LogP contribution in [0.4, 0.5) is 13.2 Å². The number of ether oxygens (including phenoxy) is 2. The summed E-state index contributed by atoms with van der Waals surface area (Å²) in [5.41, 5.74) is -0.532. The van der Waals surface area contributed by atoms with E-state index >= 15 is 0 Å². The lowest BCUT2D eigenvalue weighted by molar-refractivity contribution is -0.155. The Labute approximate surface area is 173 Å². The minimum atomic E-state index is -4.72. The van der Waals surface area contributed by atoms with E-state index < -0.39 is 18.1 Å². The van der Waals surface area contributed by atoms with E-state index in [0.717, 1.165) is 6.20 Å². The quantitative estimate of drug-likeness (QED) is 0.587. The predicted octanol–water partition coefficient (Wildman–Crippen LogP) is 4.34. The summed E-state index contributed by atoms with van der Waals surface area (Å²) >= 11 is 5.88. The molecule has 0 aliphatic rings. The third-order valence-electron chi connectivity index (χ3n) is 3.91. The van der Waals surface area contributed by atoms with E-state index in [1.807, 2.05) is 5.32 Å². The van der Waals surface area contributed by atoms with Crippen LogP contribution in [0.1, 0.15) is 27.9 Å². The summed E-state index contributed by atoms with van der Waals surface area (Å²) in [6.07, 6.45) is -2.36. The second-order valence-corrected chi connectivity index (χ2v) is 6.43. The van der Waals surface area contributed by atoms with Crippen LogP contribution in [0.5, 0.6) is 11.5 Å². The number of nitrogens with one attached hydrogen (secondary N) is 1. The zero-order valence-electron chi connectivity index (χ0n) is 15.4. The molecule has 0 unspecified atom stereocenters. The predicted molar refractivity (Wildman–Crippen MR) is 99.3 cm³/mol. The molecule has 30 heavy (non-hydrogen) atoms. The van der Waals surface area contributed by atoms with E-state index in [9.17, 15) is 18.0 Å². The highest BCUT2D eigenvalue weighted by molar-refractivity contribution is 6.30. The van der Waals surface area contributed by atoms with Gasteiger partial charge in [0.1, 0.15) is 6.61 Å². The number of halogens is 4. The Morgan fingerprint density at radius 2 is 2.07 bits per heavy atom. The molecule has 0 saturated carbocycles. The summed E-state index contributed by atoms with van der Waals surface area (Å²) in [5.74, 6) is -0.190. The number of hydrogen-bond donors (Lipinski definition) is 1. The lowest BCUT2D eigenvalue weighted by atomic mass is 10.1. The first-order valence-electron chi connectivity index (χ1n) is 8.47. The van der Waals surface area contributed by atoms with Crippen molar-refractivity contribution in [3.8, 4) is 11.5 Å². The highest BCUT2D eigenvalue weighted by Crippen LogP contribution is 2.33. The Balaban J connectivity index is 1.68. The van der Waals surface area contributed by atoms with Gasteiger partial charge < -0.3 is 19.3 Å². The van der Waals surface area contributed by atoms with Gasteiger partial charge in [0, 0.05) is 35.1 Å². The lowest BCUT2D eigenvalue weighted by Crippen LogP contribution is -2.38. The van der Waals surface area contributed by atoms with Crippen molar-refractivity contribution in [2.24, 2.45) is 0 Å². The first kappa shape index (κ1) is 21.4. The molecule has 0 aliphatic carbocycles. The van der Waals surface area contributed by atoms with Gasteiger partial charge in [0.25, 0.3) is 5.91 Å². The minimum Gasteiger partial charge on any atom is -0.493 e. The first-order valence-corrected chi connectivity index (χ1v) is 8.85. The molecule has 1 N–H and O–H groups in total. The van der Waals surface area contributed by atoms with Gasteiger partial charge in [0.2, 0.25) is 0 Å². The van der Waals surface area contributed by atoms with E-state index in [2.05, 4.69) is 10.1 Å². The van der Waals surface area contributed by atoms with Crippen LogP contribution in [0.25, 0.3) is 0 Å². The van der Waals surface area contributed by atoms with E-state index in [1.165, 1.54) is 31.5 Å². The van der Waals surface area contributed by atoms with Gasteiger partial charge in [-0.05, 0) is 18.2 Å². The van der Waals surface area contributed by atoms with Gasteiger partial charge in [-0.2, -0.15) is 13.2 Å². The fraction of sp³-hybridized carbons (Fsp3) is 0.211. The Kier molecular flexibility index (Phi) is 6.46. The van der Waals surface area contributed by atoms with Crippen molar-refractivity contribution in [1.29, 1.82) is 0 Å². The smallest absolute Gasteiger partial charge is 0.412 e. The number of carbonyl (C=O) groups excluding carboxylic acids is 1. The highest BCUT2D eigenvalue weighted by Gasteiger charge is 2.42. The zero-order chi connectivity index (χ0) is 21.7. The van der Waals surface area contributed by atoms with Gasteiger partial charge in [-0.1, -0.05) is 22.8 Å². The number of methoxy groups -OCH3 is 1. The number of alkyl halides is 3. The van der Waals surface area contributed by atoms with Crippen LogP contribution in [-0.4, -0.2) is 29.3 Å². The maximum atomic E-state index is 13.4. The SMILES string of the molecule is COc1cc(Cl)ccc1OCc1cc(C(=O)N[C@H](c2cccnc2)C(F)(F)F)no1. The Morgan fingerprint density at radius 1 is 1.27 bits per heavy atom. The average molecular weight is 442 g/mol. The minimum absolute atomic E-state index is 0.127. The van der Waals surface area contributed by atoms with Crippen molar-refractivity contribution in [3.63, 3.8) is 0 Å². The van der Waals surface area contributed by atoms with Crippen LogP contribution in [0, 0.1) is 0 Å². The molecule has 0 aliphatic heterocycles. The molecule has 3 aromatic rings. The summed E-state index contributed by atoms with van der Waals surface area (Å²) < 4.78 is 55.8. The summed E-state index contributed by atoms with van der Waals surface area (Å²) in [4.78, 5) is 15.9. The molecule has 11 heteroatoms. The van der Waals surface area contributed by atoms with E-state index in [-0.39, 0.29) is 23.6 Å². The summed E-state index contributed by atoms with van der Waals surface area (Å²) in [6, 6.07) is 6.22. The molecule has 1 amide bonds. The van der Waals surface area contributed by atoms with Crippen molar-refractivity contribution >= 4 is 17.5 Å². The summed E-state index contributed by atoms with van der Waals surface area (Å²) in [7, 11) is 1.44. The fourth-order valence-corrected chi connectivity index (χ4v) is 2.67. The molecular weight excluding hydrogens is 427 g/mol. The zero-order valence-corrected chi connectivity index (χ0v) is 16.2. The number of benzene rings is 1. The van der Waals surface area contributed by atoms with Gasteiger partial charge in [-0.3, -0.25) is 9.78 Å². The van der Waals surface area contributed by atoms with Crippen molar-refractivity contribution in [2.75, 3.05) is 7.11 Å². The number of carbonyl (C=O) groups is 1. The highest BCUT2D eigenvalue weighted by atomic mass is 35.5. The third-order valence-corrected chi connectivity index (χ3v) is 4.14. The number of hydrogen-bond acceptors (Lipinski definition) is 6. The molecule has 0 fully saturated rings. The first-order chi connectivity index (χ1) is 14.3. The largest absolute Gasteiger partial charge is 0.493 e. The normalized spacial score (nSPS) is 12.3. The van der Waals surface area contributed by atoms with Crippen molar-refractivity contribution in [2.45, 2.75) is 18.8 Å². The third kappa shape index (κ3) is 5.20. The standard InChI is InChI=1S/C19H15ClF3N3O4/c1-28-16-7-12(20)4-5-15(16)29-10-13-8-14(26-30-13)18(27)25-17(19(21,22)23)11-3-2-6-24-9-11/h2-9,17H,10H2,1H3,(H,25,27)/t17-/m1/s1. The molecule has 158 valence electrons. The molecule has 3 rings (SSSR count). The van der Waals surface area contributed by atoms with Gasteiger partial charge in [0.15, 0.2) is 29.0 Å². The summed E-state index contributed by atoms with van der Waals surface area (Å²) in [6.45, 7) is -0.135. The lowest BCUT2D eigenvalue weighted by Gasteiger charge is -2.21. The molecule has 0 radical (unpaired) electrons. The van der Waals surface area contributed by atoms with Crippen molar-refractivity contribution in [1.82, 2.24) is 15.5 Å². The van der Waals surface area contributed by atoms with E-state index in [1.54, 1.807) is 18.2 Å². The monoisotopic (exact) mass is 441 g/mol. The topological polar surface area (TPSA) is 86.5 Å². The van der Waals surface area contributed by atoms with Crippen molar-refractivity contribution in [3.05, 3.63) is 70.8 Å². The molecule has 0 spiro atoms. The maximum absolute atomic E-state index is 13.4. The second kappa shape index (κ2) is 9.04. The van der Waals surface area contributed by atoms with Gasteiger partial charge in [0.05, 0.1) is 7.11 Å². The molecule has 1 aromatic carbocycles. The number of amides is 1. The molecule has 1 atom stereocenters. The van der Waals surface area contributed by atoms with Gasteiger partial charge in [-0.15, -0.1) is 0 Å². The van der Waals surface area contributed by atoms with Crippen LogP contribution < -0.4 is 14.8 Å². The second-order valence-electron chi connectivity index (χ2n) is 6.00. The van der Waals surface area contributed by atoms with Crippen LogP contribution in [-0.2, 0) is 6.61 Å². The number of aromatic nitrogens is 2. The van der Waals surface area contributed by atoms with E-state index in [4.69, 9.17) is 25.6 Å². The molecule has 7 nitrogen and oxygen atoms in total. The summed E-state index contributed by atoms with van der Waals surface area (Å²) in [5, 5.41) is 5.86. The maximum Gasteiger partial charge on any atom is 0.412 e. The Hall–Kier alpha value is -3.27. The fourth-order valence-electron chi connectivity index (χ4n) is 2.50. The van der Waals surface area contributed by atoms with Crippen LogP contribution in [0.2, 0.25) is 5.02 Å². The molecule has 0 bridgehead atoms. The van der Waals surface area contributed by atoms with Crippen molar-refractivity contribution < 1.29 is 32.0 Å². The van der Waals surface area contributed by atoms with Gasteiger partial charge >= 0.3 is 6.18 Å². The van der Waals surface area contributed by atoms with Crippen LogP contribution in [0.3, 0.4) is 0 Å².